The summed E-state index contributed by atoms with van der Waals surface area (Å²) >= 11 is 0. The van der Waals surface area contributed by atoms with Crippen molar-refractivity contribution < 1.29 is 24.0 Å². The standard InChI is InChI=1S/C30H48N4O5/c1-21(2)19-25(27(35)32-34(20-30(4,5)6)29(37)22(3)31)24(16-12-15-23-13-8-7-9-14-23)28(36)33-39-26-17-10-11-18-38-26/h7-9,12-15,21-22,24-26H,10-11,16-20,31H2,1-6H3,(H,32,35)(H,33,36)/b15-12+/t22-,24+,25-,26?/m1/s1. The van der Waals surface area contributed by atoms with Gasteiger partial charge in [-0.15, -0.1) is 0 Å². The molecule has 4 N–H and O–H groups in total. The summed E-state index contributed by atoms with van der Waals surface area (Å²) in [7, 11) is 0. The quantitative estimate of drug-likeness (QED) is 0.339. The van der Waals surface area contributed by atoms with Crippen molar-refractivity contribution in [2.75, 3.05) is 13.2 Å². The molecule has 39 heavy (non-hydrogen) atoms. The maximum absolute atomic E-state index is 13.8. The molecule has 1 aromatic rings. The normalized spacial score (nSPS) is 18.4. The van der Waals surface area contributed by atoms with Crippen molar-refractivity contribution in [1.29, 1.82) is 0 Å². The Morgan fingerprint density at radius 3 is 2.36 bits per heavy atom. The molecular formula is C30H48N4O5. The molecule has 1 fully saturated rings. The predicted molar refractivity (Wildman–Crippen MR) is 152 cm³/mol. The van der Waals surface area contributed by atoms with E-state index >= 15 is 0 Å². The van der Waals surface area contributed by atoms with Gasteiger partial charge in [-0.2, -0.15) is 0 Å². The van der Waals surface area contributed by atoms with Crippen LogP contribution in [0.15, 0.2) is 36.4 Å². The number of hydrogen-bond acceptors (Lipinski definition) is 6. The molecule has 3 amide bonds. The van der Waals surface area contributed by atoms with Crippen LogP contribution in [0, 0.1) is 23.2 Å². The zero-order chi connectivity index (χ0) is 29.0. The lowest BCUT2D eigenvalue weighted by atomic mass is 9.82. The van der Waals surface area contributed by atoms with Crippen molar-refractivity contribution in [3.63, 3.8) is 0 Å². The van der Waals surface area contributed by atoms with Gasteiger partial charge in [0, 0.05) is 19.6 Å². The molecule has 4 atom stereocenters. The molecule has 0 spiro atoms. The third-order valence-electron chi connectivity index (χ3n) is 6.35. The minimum atomic E-state index is -0.784. The number of hydrogen-bond donors (Lipinski definition) is 3. The fraction of sp³-hybridized carbons (Fsp3) is 0.633. The fourth-order valence-electron chi connectivity index (χ4n) is 4.44. The number of nitrogens with two attached hydrogens (primary N) is 1. The summed E-state index contributed by atoms with van der Waals surface area (Å²) in [5.41, 5.74) is 12.0. The van der Waals surface area contributed by atoms with E-state index in [1.807, 2.05) is 77.1 Å². The van der Waals surface area contributed by atoms with Crippen LogP contribution in [0.5, 0.6) is 0 Å². The van der Waals surface area contributed by atoms with Crippen molar-refractivity contribution >= 4 is 23.8 Å². The summed E-state index contributed by atoms with van der Waals surface area (Å²) < 4.78 is 5.58. The highest BCUT2D eigenvalue weighted by Crippen LogP contribution is 2.26. The lowest BCUT2D eigenvalue weighted by Crippen LogP contribution is -2.56. The number of carbonyl (C=O) groups is 3. The third-order valence-corrected chi connectivity index (χ3v) is 6.35. The Labute approximate surface area is 233 Å². The van der Waals surface area contributed by atoms with Gasteiger partial charge >= 0.3 is 0 Å². The molecule has 2 rings (SSSR count). The van der Waals surface area contributed by atoms with E-state index < -0.39 is 36.0 Å². The number of allylic oxidation sites excluding steroid dienone is 1. The van der Waals surface area contributed by atoms with E-state index in [9.17, 15) is 14.4 Å². The molecular weight excluding hydrogens is 496 g/mol. The van der Waals surface area contributed by atoms with Crippen LogP contribution in [0.25, 0.3) is 6.08 Å². The zero-order valence-electron chi connectivity index (χ0n) is 24.4. The van der Waals surface area contributed by atoms with Crippen LogP contribution in [0.4, 0.5) is 0 Å². The minimum Gasteiger partial charge on any atom is -0.350 e. The van der Waals surface area contributed by atoms with Gasteiger partial charge in [-0.05, 0) is 49.5 Å². The highest BCUT2D eigenvalue weighted by Gasteiger charge is 2.36. The van der Waals surface area contributed by atoms with E-state index in [-0.39, 0.29) is 23.8 Å². The van der Waals surface area contributed by atoms with E-state index in [0.29, 0.717) is 25.9 Å². The topological polar surface area (TPSA) is 123 Å². The fourth-order valence-corrected chi connectivity index (χ4v) is 4.44. The van der Waals surface area contributed by atoms with E-state index in [1.54, 1.807) is 6.92 Å². The van der Waals surface area contributed by atoms with Crippen molar-refractivity contribution in [1.82, 2.24) is 15.9 Å². The summed E-state index contributed by atoms with van der Waals surface area (Å²) in [6, 6.07) is 8.97. The van der Waals surface area contributed by atoms with Crippen LogP contribution in [-0.4, -0.2) is 48.2 Å². The molecule has 1 unspecified atom stereocenters. The van der Waals surface area contributed by atoms with Gasteiger partial charge in [0.25, 0.3) is 5.91 Å². The predicted octanol–water partition coefficient (Wildman–Crippen LogP) is 4.20. The number of benzene rings is 1. The molecule has 1 aliphatic heterocycles. The van der Waals surface area contributed by atoms with Gasteiger partial charge in [0.05, 0.1) is 17.9 Å². The largest absolute Gasteiger partial charge is 0.350 e. The summed E-state index contributed by atoms with van der Waals surface area (Å²) in [5, 5.41) is 1.29. The van der Waals surface area contributed by atoms with Crippen LogP contribution >= 0.6 is 0 Å². The Hall–Kier alpha value is -2.75. The van der Waals surface area contributed by atoms with Gasteiger partial charge in [-0.25, -0.2) is 10.3 Å². The second kappa shape index (κ2) is 15.7. The Morgan fingerprint density at radius 2 is 1.79 bits per heavy atom. The summed E-state index contributed by atoms with van der Waals surface area (Å²) in [4.78, 5) is 45.7. The Balaban J connectivity index is 2.30. The van der Waals surface area contributed by atoms with E-state index in [1.165, 1.54) is 5.01 Å². The molecule has 9 heteroatoms. The van der Waals surface area contributed by atoms with Gasteiger partial charge < -0.3 is 10.5 Å². The van der Waals surface area contributed by atoms with E-state index in [2.05, 4.69) is 10.9 Å². The molecule has 0 saturated carbocycles. The van der Waals surface area contributed by atoms with Crippen LogP contribution in [0.2, 0.25) is 0 Å². The number of nitrogens with zero attached hydrogens (tertiary/aromatic N) is 1. The molecule has 0 aromatic heterocycles. The Morgan fingerprint density at radius 1 is 1.10 bits per heavy atom. The average molecular weight is 545 g/mol. The van der Waals surface area contributed by atoms with Crippen molar-refractivity contribution in [2.45, 2.75) is 86.0 Å². The zero-order valence-corrected chi connectivity index (χ0v) is 24.4. The SMILES string of the molecule is CC(C)C[C@@H](C(=O)NN(CC(C)(C)C)C(=O)[C@@H](C)N)[C@H](C/C=C/c1ccccc1)C(=O)NOC1CCCCO1. The number of amides is 3. The lowest BCUT2D eigenvalue weighted by Gasteiger charge is -2.34. The molecule has 9 nitrogen and oxygen atoms in total. The average Bonchev–Trinajstić information content (AvgIpc) is 2.88. The molecule has 1 heterocycles. The summed E-state index contributed by atoms with van der Waals surface area (Å²) in [6.45, 7) is 12.4. The summed E-state index contributed by atoms with van der Waals surface area (Å²) in [6.07, 6.45) is 6.68. The highest BCUT2D eigenvalue weighted by molar-refractivity contribution is 5.89. The van der Waals surface area contributed by atoms with Crippen LogP contribution < -0.4 is 16.6 Å². The van der Waals surface area contributed by atoms with Gasteiger partial charge in [-0.1, -0.05) is 77.1 Å². The Kier molecular flexibility index (Phi) is 13.1. The maximum atomic E-state index is 13.8. The van der Waals surface area contributed by atoms with Gasteiger partial charge in [-0.3, -0.25) is 24.8 Å². The molecule has 0 aliphatic carbocycles. The minimum absolute atomic E-state index is 0.122. The number of rotatable bonds is 12. The lowest BCUT2D eigenvalue weighted by molar-refractivity contribution is -0.203. The van der Waals surface area contributed by atoms with Gasteiger partial charge in [0.15, 0.2) is 6.29 Å². The van der Waals surface area contributed by atoms with Crippen LogP contribution in [0.3, 0.4) is 0 Å². The second-order valence-corrected chi connectivity index (χ2v) is 12.0. The summed E-state index contributed by atoms with van der Waals surface area (Å²) in [5.74, 6) is -2.52. The monoisotopic (exact) mass is 544 g/mol. The van der Waals surface area contributed by atoms with Gasteiger partial charge in [0.2, 0.25) is 11.8 Å². The van der Waals surface area contributed by atoms with Crippen molar-refractivity contribution in [3.05, 3.63) is 42.0 Å². The molecule has 218 valence electrons. The maximum Gasteiger partial charge on any atom is 0.257 e. The van der Waals surface area contributed by atoms with Crippen molar-refractivity contribution in [2.24, 2.45) is 28.9 Å². The molecule has 1 aromatic carbocycles. The first-order chi connectivity index (χ1) is 18.4. The first kappa shape index (κ1) is 32.5. The first-order valence-electron chi connectivity index (χ1n) is 14.0. The van der Waals surface area contributed by atoms with E-state index in [0.717, 1.165) is 18.4 Å². The number of carbonyl (C=O) groups excluding carboxylic acids is 3. The molecule has 1 saturated heterocycles. The van der Waals surface area contributed by atoms with Crippen LogP contribution in [0.1, 0.15) is 79.2 Å². The number of ether oxygens (including phenoxy) is 1. The van der Waals surface area contributed by atoms with Crippen LogP contribution in [-0.2, 0) is 24.0 Å². The molecule has 0 radical (unpaired) electrons. The van der Waals surface area contributed by atoms with Crippen molar-refractivity contribution in [3.8, 4) is 0 Å². The number of hydroxylamine groups is 1. The smallest absolute Gasteiger partial charge is 0.257 e. The molecule has 0 bridgehead atoms. The number of hydrazine groups is 1. The van der Waals surface area contributed by atoms with E-state index in [4.69, 9.17) is 15.3 Å². The number of nitrogens with one attached hydrogen (secondary N) is 2. The van der Waals surface area contributed by atoms with Gasteiger partial charge in [0.1, 0.15) is 0 Å². The Bertz CT molecular complexity index is 936. The molecule has 1 aliphatic rings. The second-order valence-electron chi connectivity index (χ2n) is 12.0. The highest BCUT2D eigenvalue weighted by atomic mass is 16.8. The third kappa shape index (κ3) is 11.9. The first-order valence-corrected chi connectivity index (χ1v) is 14.0.